The van der Waals surface area contributed by atoms with Crippen molar-refractivity contribution < 1.29 is 23.2 Å². The van der Waals surface area contributed by atoms with Gasteiger partial charge in [-0.2, -0.15) is 4.98 Å². The number of benzene rings is 1. The van der Waals surface area contributed by atoms with Crippen LogP contribution in [0, 0.1) is 11.7 Å². The Morgan fingerprint density at radius 2 is 2.14 bits per heavy atom. The standard InChI is InChI=1S/C20H24FN3O4/c1-2-27-19(26)10-9-18(25)24-11-5-6-14(13-24)12-17-22-20(23-28-17)15-7-3-4-8-16(15)21/h3-4,7-8,14H,2,5-6,9-13H2,1H3/t14-/m0/s1. The van der Waals surface area contributed by atoms with Crippen LogP contribution in [0.25, 0.3) is 11.4 Å². The van der Waals surface area contributed by atoms with E-state index in [1.54, 1.807) is 30.0 Å². The van der Waals surface area contributed by atoms with E-state index >= 15 is 0 Å². The summed E-state index contributed by atoms with van der Waals surface area (Å²) in [7, 11) is 0. The van der Waals surface area contributed by atoms with E-state index in [0.717, 1.165) is 12.8 Å². The molecule has 1 aliphatic heterocycles. The van der Waals surface area contributed by atoms with Crippen molar-refractivity contribution in [1.29, 1.82) is 0 Å². The molecule has 150 valence electrons. The van der Waals surface area contributed by atoms with Crippen LogP contribution in [-0.4, -0.2) is 46.6 Å². The molecule has 3 rings (SSSR count). The summed E-state index contributed by atoms with van der Waals surface area (Å²) in [6.45, 7) is 3.32. The third-order valence-corrected chi connectivity index (χ3v) is 4.77. The number of hydrogen-bond acceptors (Lipinski definition) is 6. The molecule has 1 atom stereocenters. The van der Waals surface area contributed by atoms with E-state index in [-0.39, 0.29) is 36.5 Å². The number of nitrogens with zero attached hydrogens (tertiary/aromatic N) is 3. The van der Waals surface area contributed by atoms with Gasteiger partial charge in [-0.1, -0.05) is 17.3 Å². The molecule has 1 aromatic carbocycles. The summed E-state index contributed by atoms with van der Waals surface area (Å²) < 4.78 is 24.0. The second kappa shape index (κ2) is 9.43. The summed E-state index contributed by atoms with van der Waals surface area (Å²) >= 11 is 0. The van der Waals surface area contributed by atoms with Crippen LogP contribution >= 0.6 is 0 Å². The summed E-state index contributed by atoms with van der Waals surface area (Å²) in [5.41, 5.74) is 0.303. The SMILES string of the molecule is CCOC(=O)CCC(=O)N1CCC[C@@H](Cc2nc(-c3ccccc3F)no2)C1. The molecule has 7 nitrogen and oxygen atoms in total. The molecule has 0 N–H and O–H groups in total. The molecule has 2 aromatic rings. The Morgan fingerprint density at radius 3 is 2.93 bits per heavy atom. The fourth-order valence-corrected chi connectivity index (χ4v) is 3.40. The third kappa shape index (κ3) is 5.15. The molecule has 0 aliphatic carbocycles. The Balaban J connectivity index is 1.55. The van der Waals surface area contributed by atoms with Gasteiger partial charge in [-0.25, -0.2) is 4.39 Å². The molecule has 0 bridgehead atoms. The third-order valence-electron chi connectivity index (χ3n) is 4.77. The average Bonchev–Trinajstić information content (AvgIpc) is 3.15. The van der Waals surface area contributed by atoms with Gasteiger partial charge in [0.15, 0.2) is 0 Å². The largest absolute Gasteiger partial charge is 0.466 e. The maximum absolute atomic E-state index is 13.9. The fraction of sp³-hybridized carbons (Fsp3) is 0.500. The van der Waals surface area contributed by atoms with E-state index in [1.807, 2.05) is 0 Å². The first-order valence-electron chi connectivity index (χ1n) is 9.57. The lowest BCUT2D eigenvalue weighted by Gasteiger charge is -2.32. The summed E-state index contributed by atoms with van der Waals surface area (Å²) in [4.78, 5) is 29.9. The molecule has 1 aliphatic rings. The Bertz CT molecular complexity index is 823. The van der Waals surface area contributed by atoms with Gasteiger partial charge in [-0.05, 0) is 37.8 Å². The van der Waals surface area contributed by atoms with Crippen molar-refractivity contribution in [1.82, 2.24) is 15.0 Å². The zero-order valence-electron chi connectivity index (χ0n) is 15.9. The zero-order chi connectivity index (χ0) is 19.9. The van der Waals surface area contributed by atoms with Gasteiger partial charge in [0.05, 0.1) is 18.6 Å². The lowest BCUT2D eigenvalue weighted by molar-refractivity contribution is -0.146. The van der Waals surface area contributed by atoms with E-state index < -0.39 is 5.82 Å². The monoisotopic (exact) mass is 389 g/mol. The Morgan fingerprint density at radius 1 is 1.32 bits per heavy atom. The highest BCUT2D eigenvalue weighted by atomic mass is 19.1. The normalized spacial score (nSPS) is 16.8. The van der Waals surface area contributed by atoms with Crippen LogP contribution < -0.4 is 0 Å². The zero-order valence-corrected chi connectivity index (χ0v) is 15.9. The highest BCUT2D eigenvalue weighted by molar-refractivity contribution is 5.81. The van der Waals surface area contributed by atoms with E-state index in [1.165, 1.54) is 6.07 Å². The van der Waals surface area contributed by atoms with Gasteiger partial charge in [0.25, 0.3) is 0 Å². The van der Waals surface area contributed by atoms with E-state index in [0.29, 0.717) is 37.6 Å². The number of piperidine rings is 1. The lowest BCUT2D eigenvalue weighted by atomic mass is 9.94. The van der Waals surface area contributed by atoms with Crippen LogP contribution in [-0.2, 0) is 20.7 Å². The Hall–Kier alpha value is -2.77. The molecule has 8 heteroatoms. The molecule has 1 aromatic heterocycles. The summed E-state index contributed by atoms with van der Waals surface area (Å²) in [6.07, 6.45) is 2.61. The number of aromatic nitrogens is 2. The van der Waals surface area contributed by atoms with E-state index in [4.69, 9.17) is 9.26 Å². The molecule has 1 amide bonds. The molecule has 2 heterocycles. The number of ether oxygens (including phenoxy) is 1. The topological polar surface area (TPSA) is 85.5 Å². The van der Waals surface area contributed by atoms with Crippen molar-refractivity contribution in [2.75, 3.05) is 19.7 Å². The quantitative estimate of drug-likeness (QED) is 0.677. The summed E-state index contributed by atoms with van der Waals surface area (Å²) in [5.74, 6) is 0.0572. The van der Waals surface area contributed by atoms with Gasteiger partial charge in [-0.15, -0.1) is 0 Å². The predicted molar refractivity (Wildman–Crippen MR) is 98.6 cm³/mol. The van der Waals surface area contributed by atoms with Crippen molar-refractivity contribution in [3.8, 4) is 11.4 Å². The predicted octanol–water partition coefficient (Wildman–Crippen LogP) is 3.00. The number of hydrogen-bond donors (Lipinski definition) is 0. The Labute approximate surface area is 162 Å². The van der Waals surface area contributed by atoms with Gasteiger partial charge < -0.3 is 14.2 Å². The van der Waals surface area contributed by atoms with Gasteiger partial charge in [0.1, 0.15) is 5.82 Å². The average molecular weight is 389 g/mol. The minimum absolute atomic E-state index is 0.0460. The van der Waals surface area contributed by atoms with Gasteiger partial charge in [0, 0.05) is 25.9 Å². The van der Waals surface area contributed by atoms with Crippen LogP contribution in [0.5, 0.6) is 0 Å². The maximum atomic E-state index is 13.9. The van der Waals surface area contributed by atoms with E-state index in [2.05, 4.69) is 10.1 Å². The van der Waals surface area contributed by atoms with Crippen molar-refractivity contribution in [3.63, 3.8) is 0 Å². The van der Waals surface area contributed by atoms with Crippen LogP contribution in [0.15, 0.2) is 28.8 Å². The summed E-state index contributed by atoms with van der Waals surface area (Å²) in [6, 6.07) is 6.28. The highest BCUT2D eigenvalue weighted by Gasteiger charge is 2.26. The second-order valence-corrected chi connectivity index (χ2v) is 6.85. The van der Waals surface area contributed by atoms with Crippen molar-refractivity contribution in [2.24, 2.45) is 5.92 Å². The molecular formula is C20H24FN3O4. The molecule has 28 heavy (non-hydrogen) atoms. The van der Waals surface area contributed by atoms with Crippen LogP contribution in [0.3, 0.4) is 0 Å². The second-order valence-electron chi connectivity index (χ2n) is 6.85. The van der Waals surface area contributed by atoms with Crippen LogP contribution in [0.4, 0.5) is 4.39 Å². The van der Waals surface area contributed by atoms with Crippen LogP contribution in [0.1, 0.15) is 38.5 Å². The number of carbonyl (C=O) groups excluding carboxylic acids is 2. The van der Waals surface area contributed by atoms with Gasteiger partial charge >= 0.3 is 5.97 Å². The summed E-state index contributed by atoms with van der Waals surface area (Å²) in [5, 5.41) is 3.88. The number of esters is 1. The van der Waals surface area contributed by atoms with Crippen molar-refractivity contribution >= 4 is 11.9 Å². The smallest absolute Gasteiger partial charge is 0.306 e. The molecule has 0 spiro atoms. The fourth-order valence-electron chi connectivity index (χ4n) is 3.40. The molecule has 1 saturated heterocycles. The minimum atomic E-state index is -0.397. The van der Waals surface area contributed by atoms with Crippen molar-refractivity contribution in [3.05, 3.63) is 36.0 Å². The first kappa shape index (κ1) is 20.0. The highest BCUT2D eigenvalue weighted by Crippen LogP contribution is 2.24. The lowest BCUT2D eigenvalue weighted by Crippen LogP contribution is -2.40. The first-order chi connectivity index (χ1) is 13.6. The molecule has 0 unspecified atom stereocenters. The number of halogens is 1. The Kier molecular flexibility index (Phi) is 6.73. The molecular weight excluding hydrogens is 365 g/mol. The maximum Gasteiger partial charge on any atom is 0.306 e. The first-order valence-corrected chi connectivity index (χ1v) is 9.57. The van der Waals surface area contributed by atoms with Crippen molar-refractivity contribution in [2.45, 2.75) is 39.0 Å². The van der Waals surface area contributed by atoms with Gasteiger partial charge in [0.2, 0.25) is 17.6 Å². The van der Waals surface area contributed by atoms with Gasteiger partial charge in [-0.3, -0.25) is 9.59 Å². The van der Waals surface area contributed by atoms with E-state index in [9.17, 15) is 14.0 Å². The number of carbonyl (C=O) groups is 2. The molecule has 1 fully saturated rings. The minimum Gasteiger partial charge on any atom is -0.466 e. The number of rotatable bonds is 7. The number of likely N-dealkylation sites (tertiary alicyclic amines) is 1. The molecule has 0 radical (unpaired) electrons. The molecule has 0 saturated carbocycles. The van der Waals surface area contributed by atoms with Crippen LogP contribution in [0.2, 0.25) is 0 Å². The number of amides is 1.